The second-order valence-corrected chi connectivity index (χ2v) is 9.91. The smallest absolute Gasteiger partial charge is 0.325 e. The van der Waals surface area contributed by atoms with Crippen LogP contribution in [-0.4, -0.2) is 57.4 Å². The van der Waals surface area contributed by atoms with Crippen LogP contribution >= 0.6 is 0 Å². The van der Waals surface area contributed by atoms with Crippen molar-refractivity contribution in [1.29, 1.82) is 0 Å². The molecule has 1 aliphatic heterocycles. The molecule has 0 saturated carbocycles. The van der Waals surface area contributed by atoms with Crippen molar-refractivity contribution in [2.75, 3.05) is 26.7 Å². The first-order chi connectivity index (χ1) is 18.4. The van der Waals surface area contributed by atoms with Crippen molar-refractivity contribution in [3.05, 3.63) is 105 Å². The quantitative estimate of drug-likeness (QED) is 0.374. The van der Waals surface area contributed by atoms with E-state index in [-0.39, 0.29) is 17.4 Å². The van der Waals surface area contributed by atoms with Crippen LogP contribution in [0.15, 0.2) is 76.6 Å². The lowest BCUT2D eigenvalue weighted by atomic mass is 9.98. The number of amides is 1. The van der Waals surface area contributed by atoms with Crippen LogP contribution in [0.1, 0.15) is 34.3 Å². The molecule has 0 bridgehead atoms. The Labute approximate surface area is 220 Å². The average Bonchev–Trinajstić information content (AvgIpc) is 2.92. The van der Waals surface area contributed by atoms with E-state index in [1.807, 2.05) is 24.4 Å². The topological polar surface area (TPSA) is 111 Å². The molecule has 38 heavy (non-hydrogen) atoms. The maximum atomic E-state index is 12.8. The lowest BCUT2D eigenvalue weighted by Crippen LogP contribution is -2.44. The van der Waals surface area contributed by atoms with Crippen molar-refractivity contribution in [2.45, 2.75) is 25.9 Å². The summed E-state index contributed by atoms with van der Waals surface area (Å²) >= 11 is 0. The zero-order valence-electron chi connectivity index (χ0n) is 21.4. The summed E-state index contributed by atoms with van der Waals surface area (Å²) < 4.78 is 6.13. The number of rotatable bonds is 8. The third-order valence-electron chi connectivity index (χ3n) is 6.81. The number of hydrogen-bond acceptors (Lipinski definition) is 6. The first-order valence-corrected chi connectivity index (χ1v) is 12.8. The van der Waals surface area contributed by atoms with Gasteiger partial charge in [0.25, 0.3) is 11.5 Å². The second-order valence-electron chi connectivity index (χ2n) is 9.91. The Bertz CT molecular complexity index is 1550. The fraction of sp³-hybridized carbons (Fsp3) is 0.310. The highest BCUT2D eigenvalue weighted by Crippen LogP contribution is 2.22. The number of nitrogens with one attached hydrogen (secondary N) is 2. The van der Waals surface area contributed by atoms with E-state index in [1.54, 1.807) is 4.90 Å². The Morgan fingerprint density at radius 1 is 1.11 bits per heavy atom. The van der Waals surface area contributed by atoms with Crippen molar-refractivity contribution in [3.8, 4) is 5.75 Å². The molecule has 0 radical (unpaired) electrons. The Kier molecular flexibility index (Phi) is 7.65. The predicted molar refractivity (Wildman–Crippen MR) is 145 cm³/mol. The van der Waals surface area contributed by atoms with E-state index in [1.165, 1.54) is 11.8 Å². The Hall–Kier alpha value is -4.24. The molecule has 1 atom stereocenters. The number of nitrogens with zero attached hydrogens (tertiary/aromatic N) is 3. The van der Waals surface area contributed by atoms with Gasteiger partial charge in [-0.2, -0.15) is 0 Å². The molecule has 1 aliphatic rings. The number of carbonyl (C=O) groups is 1. The minimum absolute atomic E-state index is 0.0525. The molecule has 2 N–H and O–H groups in total. The van der Waals surface area contributed by atoms with Gasteiger partial charge in [0, 0.05) is 49.9 Å². The summed E-state index contributed by atoms with van der Waals surface area (Å²) in [5.74, 6) is 0.580. The third-order valence-corrected chi connectivity index (χ3v) is 6.81. The van der Waals surface area contributed by atoms with Gasteiger partial charge in [-0.1, -0.05) is 24.3 Å². The first kappa shape index (κ1) is 25.4. The van der Waals surface area contributed by atoms with Crippen LogP contribution in [0.2, 0.25) is 0 Å². The SMILES string of the molecule is CN(Cc1cccc(OCC2CCCN(C(=O)c3c[nH]c(=O)[nH]c3=O)C2)c1)Cc1ccc2ncccc2c1. The number of ether oxygens (including phenoxy) is 1. The van der Waals surface area contributed by atoms with Gasteiger partial charge < -0.3 is 14.6 Å². The molecule has 5 rings (SSSR count). The van der Waals surface area contributed by atoms with Crippen LogP contribution in [0.3, 0.4) is 0 Å². The van der Waals surface area contributed by atoms with E-state index in [0.717, 1.165) is 48.1 Å². The summed E-state index contributed by atoms with van der Waals surface area (Å²) in [6, 6.07) is 18.5. The number of benzene rings is 2. The third kappa shape index (κ3) is 6.18. The minimum Gasteiger partial charge on any atom is -0.493 e. The molecule has 1 fully saturated rings. The normalized spacial score (nSPS) is 15.6. The molecule has 1 amide bonds. The summed E-state index contributed by atoms with van der Waals surface area (Å²) in [5, 5.41) is 1.14. The average molecular weight is 514 g/mol. The van der Waals surface area contributed by atoms with E-state index in [9.17, 15) is 14.4 Å². The van der Waals surface area contributed by atoms with Crippen molar-refractivity contribution >= 4 is 16.8 Å². The molecule has 0 spiro atoms. The van der Waals surface area contributed by atoms with Crippen LogP contribution in [-0.2, 0) is 13.1 Å². The summed E-state index contributed by atoms with van der Waals surface area (Å²) in [5.41, 5.74) is 2.04. The Balaban J connectivity index is 1.15. The second kappa shape index (κ2) is 11.4. The molecule has 1 saturated heterocycles. The standard InChI is InChI=1S/C29H31N5O4/c1-33(17-21-9-10-26-23(13-21)7-3-11-30-26)16-20-5-2-8-24(14-20)38-19-22-6-4-12-34(18-22)28(36)25-15-31-29(37)32-27(25)35/h2-3,5,7-11,13-15,22H,4,6,12,16-19H2,1H3,(H2,31,32,35,37). The summed E-state index contributed by atoms with van der Waals surface area (Å²) in [6.45, 7) is 3.16. The molecule has 9 heteroatoms. The predicted octanol–water partition coefficient (Wildman–Crippen LogP) is 3.17. The van der Waals surface area contributed by atoms with Gasteiger partial charge in [-0.3, -0.25) is 24.5 Å². The molecule has 9 nitrogen and oxygen atoms in total. The molecule has 3 heterocycles. The molecule has 4 aromatic rings. The molecular weight excluding hydrogens is 482 g/mol. The van der Waals surface area contributed by atoms with Crippen LogP contribution in [0, 0.1) is 5.92 Å². The van der Waals surface area contributed by atoms with Crippen LogP contribution < -0.4 is 16.0 Å². The van der Waals surface area contributed by atoms with E-state index < -0.39 is 11.2 Å². The van der Waals surface area contributed by atoms with Crippen molar-refractivity contribution in [1.82, 2.24) is 24.8 Å². The zero-order valence-corrected chi connectivity index (χ0v) is 21.4. The van der Waals surface area contributed by atoms with Gasteiger partial charge >= 0.3 is 5.69 Å². The highest BCUT2D eigenvalue weighted by Gasteiger charge is 2.26. The van der Waals surface area contributed by atoms with Crippen LogP contribution in [0.5, 0.6) is 5.75 Å². The Morgan fingerprint density at radius 3 is 2.79 bits per heavy atom. The maximum absolute atomic E-state index is 12.8. The molecule has 0 aliphatic carbocycles. The lowest BCUT2D eigenvalue weighted by molar-refractivity contribution is 0.0631. The molecule has 2 aromatic carbocycles. The molecule has 1 unspecified atom stereocenters. The number of aromatic amines is 2. The minimum atomic E-state index is -0.670. The van der Waals surface area contributed by atoms with Crippen molar-refractivity contribution < 1.29 is 9.53 Å². The highest BCUT2D eigenvalue weighted by molar-refractivity contribution is 5.93. The van der Waals surface area contributed by atoms with Gasteiger partial charge in [0.05, 0.1) is 12.1 Å². The highest BCUT2D eigenvalue weighted by atomic mass is 16.5. The first-order valence-electron chi connectivity index (χ1n) is 12.8. The van der Waals surface area contributed by atoms with E-state index in [4.69, 9.17) is 4.74 Å². The fourth-order valence-electron chi connectivity index (χ4n) is 4.97. The maximum Gasteiger partial charge on any atom is 0.325 e. The van der Waals surface area contributed by atoms with Crippen LogP contribution in [0.4, 0.5) is 0 Å². The number of H-pyrrole nitrogens is 2. The number of aromatic nitrogens is 3. The van der Waals surface area contributed by atoms with E-state index in [2.05, 4.69) is 63.3 Å². The van der Waals surface area contributed by atoms with Gasteiger partial charge in [0.2, 0.25) is 0 Å². The van der Waals surface area contributed by atoms with Gasteiger partial charge in [-0.25, -0.2) is 4.79 Å². The fourth-order valence-corrected chi connectivity index (χ4v) is 4.97. The van der Waals surface area contributed by atoms with Gasteiger partial charge in [-0.05, 0) is 61.3 Å². The zero-order chi connectivity index (χ0) is 26.5. The number of fused-ring (bicyclic) bond motifs is 1. The van der Waals surface area contributed by atoms with Gasteiger partial charge in [-0.15, -0.1) is 0 Å². The van der Waals surface area contributed by atoms with Crippen LogP contribution in [0.25, 0.3) is 10.9 Å². The number of carbonyl (C=O) groups excluding carboxylic acids is 1. The van der Waals surface area contributed by atoms with Gasteiger partial charge in [0.15, 0.2) is 0 Å². The van der Waals surface area contributed by atoms with Crippen molar-refractivity contribution in [2.24, 2.45) is 5.92 Å². The number of piperidine rings is 1. The lowest BCUT2D eigenvalue weighted by Gasteiger charge is -2.32. The molecule has 196 valence electrons. The van der Waals surface area contributed by atoms with Gasteiger partial charge in [0.1, 0.15) is 11.3 Å². The van der Waals surface area contributed by atoms with Crippen molar-refractivity contribution in [3.63, 3.8) is 0 Å². The largest absolute Gasteiger partial charge is 0.493 e. The summed E-state index contributed by atoms with van der Waals surface area (Å²) in [7, 11) is 2.10. The van der Waals surface area contributed by atoms with E-state index >= 15 is 0 Å². The number of likely N-dealkylation sites (tertiary alicyclic amines) is 1. The van der Waals surface area contributed by atoms with E-state index in [0.29, 0.717) is 19.7 Å². The Morgan fingerprint density at radius 2 is 1.95 bits per heavy atom. The monoisotopic (exact) mass is 513 g/mol. The molecular formula is C29H31N5O4. The summed E-state index contributed by atoms with van der Waals surface area (Å²) in [6.07, 6.45) is 4.76. The number of hydrogen-bond donors (Lipinski definition) is 2. The summed E-state index contributed by atoms with van der Waals surface area (Å²) in [4.78, 5) is 48.9. The molecule has 2 aromatic heterocycles. The number of pyridine rings is 1.